The molecule has 0 aromatic heterocycles. The lowest BCUT2D eigenvalue weighted by Crippen LogP contribution is -2.61. The first-order valence-corrected chi connectivity index (χ1v) is 8.31. The van der Waals surface area contributed by atoms with Crippen molar-refractivity contribution in [2.75, 3.05) is 20.7 Å². The third kappa shape index (κ3) is 6.23. The van der Waals surface area contributed by atoms with Crippen molar-refractivity contribution in [3.8, 4) is 0 Å². The van der Waals surface area contributed by atoms with Gasteiger partial charge in [0.1, 0.15) is 5.57 Å². The van der Waals surface area contributed by atoms with Crippen LogP contribution in [0.2, 0.25) is 0 Å². The standard InChI is InChI=1S/C12H13F8NO7S/c1-6(11(15,16)17)7(22)28-10(12(18,19)20,8(23)21(2)3)27-5-4-9(13,14)29(24,25)26/h1,4-5H2,2-3H3,(H,24,25,26). The minimum absolute atomic E-state index is 0.0536. The summed E-state index contributed by atoms with van der Waals surface area (Å²) in [5.74, 6) is -10.0. The zero-order valence-electron chi connectivity index (χ0n) is 14.4. The molecule has 0 aliphatic rings. The van der Waals surface area contributed by atoms with Crippen LogP contribution in [-0.4, -0.2) is 73.8 Å². The Morgan fingerprint density at radius 2 is 1.48 bits per heavy atom. The molecule has 0 spiro atoms. The maximum absolute atomic E-state index is 13.4. The van der Waals surface area contributed by atoms with E-state index in [0.717, 1.165) is 0 Å². The summed E-state index contributed by atoms with van der Waals surface area (Å²) >= 11 is 0. The molecule has 0 aliphatic heterocycles. The third-order valence-corrected chi connectivity index (χ3v) is 3.92. The van der Waals surface area contributed by atoms with Gasteiger partial charge in [0.15, 0.2) is 0 Å². The van der Waals surface area contributed by atoms with Gasteiger partial charge in [0, 0.05) is 14.1 Å². The van der Waals surface area contributed by atoms with Crippen molar-refractivity contribution in [3.63, 3.8) is 0 Å². The van der Waals surface area contributed by atoms with E-state index in [0.29, 0.717) is 14.1 Å². The summed E-state index contributed by atoms with van der Waals surface area (Å²) in [7, 11) is -4.85. The molecule has 17 heteroatoms. The Kier molecular flexibility index (Phi) is 7.81. The SMILES string of the molecule is C=C(C(=O)OC(OCCC(F)(F)S(=O)(=O)O)(C(=O)N(C)C)C(F)(F)F)C(F)(F)F. The van der Waals surface area contributed by atoms with Gasteiger partial charge in [0.25, 0.3) is 0 Å². The molecule has 0 aromatic carbocycles. The lowest BCUT2D eigenvalue weighted by Gasteiger charge is -2.35. The van der Waals surface area contributed by atoms with Crippen molar-refractivity contribution in [1.82, 2.24) is 4.90 Å². The molecule has 8 nitrogen and oxygen atoms in total. The van der Waals surface area contributed by atoms with Crippen molar-refractivity contribution in [2.45, 2.75) is 29.8 Å². The fourth-order valence-corrected chi connectivity index (χ4v) is 1.78. The maximum atomic E-state index is 13.4. The quantitative estimate of drug-likeness (QED) is 0.191. The predicted molar refractivity (Wildman–Crippen MR) is 75.8 cm³/mol. The van der Waals surface area contributed by atoms with Crippen LogP contribution in [0.4, 0.5) is 35.1 Å². The average Bonchev–Trinajstić information content (AvgIpc) is 2.48. The Morgan fingerprint density at radius 1 is 1.03 bits per heavy atom. The molecule has 0 saturated heterocycles. The van der Waals surface area contributed by atoms with E-state index < -0.39 is 64.0 Å². The van der Waals surface area contributed by atoms with Gasteiger partial charge >= 0.3 is 45.4 Å². The molecule has 0 heterocycles. The molecule has 0 aliphatic carbocycles. The molecule has 0 bridgehead atoms. The van der Waals surface area contributed by atoms with Crippen molar-refractivity contribution < 1.29 is 67.2 Å². The molecule has 0 fully saturated rings. The number of nitrogens with zero attached hydrogens (tertiary/aromatic N) is 1. The van der Waals surface area contributed by atoms with Gasteiger partial charge in [-0.15, -0.1) is 0 Å². The van der Waals surface area contributed by atoms with E-state index in [1.165, 1.54) is 0 Å². The van der Waals surface area contributed by atoms with Crippen molar-refractivity contribution in [2.24, 2.45) is 0 Å². The molecule has 0 aromatic rings. The Labute approximate surface area is 157 Å². The van der Waals surface area contributed by atoms with Gasteiger partial charge in [-0.25, -0.2) is 4.79 Å². The highest BCUT2D eigenvalue weighted by atomic mass is 32.2. The van der Waals surface area contributed by atoms with Gasteiger partial charge in [0.2, 0.25) is 0 Å². The second-order valence-electron chi connectivity index (χ2n) is 5.39. The largest absolute Gasteiger partial charge is 0.466 e. The first-order chi connectivity index (χ1) is 12.6. The second kappa shape index (κ2) is 8.39. The number of hydrogen-bond acceptors (Lipinski definition) is 6. The number of likely N-dealkylation sites (N-methyl/N-ethyl adjacent to an activating group) is 1. The normalized spacial score (nSPS) is 15.4. The van der Waals surface area contributed by atoms with Gasteiger partial charge < -0.3 is 14.4 Å². The molecule has 1 amide bonds. The maximum Gasteiger partial charge on any atom is 0.466 e. The van der Waals surface area contributed by atoms with Crippen LogP contribution in [-0.2, 0) is 29.2 Å². The predicted octanol–water partition coefficient (Wildman–Crippen LogP) is 1.88. The molecule has 1 unspecified atom stereocenters. The first-order valence-electron chi connectivity index (χ1n) is 6.87. The fourth-order valence-electron chi connectivity index (χ4n) is 1.44. The summed E-state index contributed by atoms with van der Waals surface area (Å²) in [6.45, 7) is 0.166. The highest BCUT2D eigenvalue weighted by Gasteiger charge is 2.67. The Hall–Kier alpha value is -2.01. The molecule has 0 rings (SSSR count). The number of rotatable bonds is 8. The van der Waals surface area contributed by atoms with E-state index in [1.807, 2.05) is 0 Å². The molecule has 1 N–H and O–H groups in total. The molecule has 0 radical (unpaired) electrons. The van der Waals surface area contributed by atoms with E-state index in [-0.39, 0.29) is 4.90 Å². The monoisotopic (exact) mass is 467 g/mol. The lowest BCUT2D eigenvalue weighted by molar-refractivity contribution is -0.351. The number of carbonyl (C=O) groups excluding carboxylic acids is 2. The van der Waals surface area contributed by atoms with Gasteiger partial charge in [-0.1, -0.05) is 6.58 Å². The van der Waals surface area contributed by atoms with E-state index in [4.69, 9.17) is 4.55 Å². The highest BCUT2D eigenvalue weighted by molar-refractivity contribution is 7.86. The van der Waals surface area contributed by atoms with E-state index in [1.54, 1.807) is 0 Å². The molecule has 170 valence electrons. The number of hydrogen-bond donors (Lipinski definition) is 1. The van der Waals surface area contributed by atoms with Gasteiger partial charge in [-0.05, 0) is 0 Å². The molecular formula is C12H13F8NO7S. The molecular weight excluding hydrogens is 454 g/mol. The highest BCUT2D eigenvalue weighted by Crippen LogP contribution is 2.39. The van der Waals surface area contributed by atoms with Crippen LogP contribution in [0.3, 0.4) is 0 Å². The van der Waals surface area contributed by atoms with Crippen LogP contribution < -0.4 is 0 Å². The summed E-state index contributed by atoms with van der Waals surface area (Å²) in [4.78, 5) is 23.4. The van der Waals surface area contributed by atoms with E-state index in [9.17, 15) is 53.1 Å². The van der Waals surface area contributed by atoms with Crippen LogP contribution in [0, 0.1) is 0 Å². The number of ether oxygens (including phenoxy) is 2. The van der Waals surface area contributed by atoms with Crippen LogP contribution >= 0.6 is 0 Å². The third-order valence-electron chi connectivity index (χ3n) is 2.96. The minimum Gasteiger partial charge on any atom is -0.412 e. The van der Waals surface area contributed by atoms with E-state index in [2.05, 4.69) is 16.1 Å². The van der Waals surface area contributed by atoms with Crippen molar-refractivity contribution in [1.29, 1.82) is 0 Å². The van der Waals surface area contributed by atoms with Crippen LogP contribution in [0.15, 0.2) is 12.2 Å². The molecule has 29 heavy (non-hydrogen) atoms. The van der Waals surface area contributed by atoms with E-state index >= 15 is 0 Å². The zero-order valence-corrected chi connectivity index (χ0v) is 15.2. The summed E-state index contributed by atoms with van der Waals surface area (Å²) in [6.07, 6.45) is -13.9. The van der Waals surface area contributed by atoms with Crippen LogP contribution in [0.1, 0.15) is 6.42 Å². The summed E-state index contributed by atoms with van der Waals surface area (Å²) in [6, 6.07) is 0. The van der Waals surface area contributed by atoms with Crippen LogP contribution in [0.25, 0.3) is 0 Å². The van der Waals surface area contributed by atoms with Crippen LogP contribution in [0.5, 0.6) is 0 Å². The Balaban J connectivity index is 6.09. The number of esters is 1. The molecule has 0 saturated carbocycles. The number of halogens is 8. The van der Waals surface area contributed by atoms with Gasteiger partial charge in [-0.2, -0.15) is 43.5 Å². The van der Waals surface area contributed by atoms with Gasteiger partial charge in [0.05, 0.1) is 13.0 Å². The summed E-state index contributed by atoms with van der Waals surface area (Å²) in [5.41, 5.74) is -2.48. The Morgan fingerprint density at radius 3 is 1.79 bits per heavy atom. The smallest absolute Gasteiger partial charge is 0.412 e. The first kappa shape index (κ1) is 27.0. The minimum atomic E-state index is -6.11. The number of amides is 1. The zero-order chi connectivity index (χ0) is 23.6. The topological polar surface area (TPSA) is 110 Å². The summed E-state index contributed by atoms with van der Waals surface area (Å²) < 4.78 is 141. The number of alkyl halides is 8. The molecule has 1 atom stereocenters. The van der Waals surface area contributed by atoms with Crippen molar-refractivity contribution in [3.05, 3.63) is 12.2 Å². The fraction of sp³-hybridized carbons (Fsp3) is 0.667. The lowest BCUT2D eigenvalue weighted by atomic mass is 10.2. The summed E-state index contributed by atoms with van der Waals surface area (Å²) in [5, 5.41) is -5.05. The second-order valence-corrected chi connectivity index (χ2v) is 6.94. The van der Waals surface area contributed by atoms with Crippen molar-refractivity contribution >= 4 is 22.0 Å². The number of carbonyl (C=O) groups is 2. The average molecular weight is 467 g/mol. The van der Waals surface area contributed by atoms with Gasteiger partial charge in [-0.3, -0.25) is 9.35 Å². The Bertz CT molecular complexity index is 759.